The molecule has 0 radical (unpaired) electrons. The molecule has 1 saturated heterocycles. The molecule has 0 saturated carbocycles. The van der Waals surface area contributed by atoms with Crippen molar-refractivity contribution in [3.05, 3.63) is 131 Å². The number of para-hydroxylation sites is 1. The van der Waals surface area contributed by atoms with E-state index in [1.54, 1.807) is 35.9 Å². The zero-order valence-electron chi connectivity index (χ0n) is 25.2. The number of rotatable bonds is 11. The van der Waals surface area contributed by atoms with Crippen molar-refractivity contribution in [3.63, 3.8) is 0 Å². The lowest BCUT2D eigenvalue weighted by molar-refractivity contribution is -0.122. The van der Waals surface area contributed by atoms with Crippen LogP contribution in [0.1, 0.15) is 16.7 Å². The zero-order valence-corrected chi connectivity index (χ0v) is 26.8. The van der Waals surface area contributed by atoms with E-state index in [9.17, 15) is 9.18 Å². The number of halogens is 1. The number of amides is 1. The molecule has 1 aliphatic heterocycles. The molecule has 0 atom stereocenters. The van der Waals surface area contributed by atoms with Gasteiger partial charge in [0.05, 0.1) is 24.8 Å². The summed E-state index contributed by atoms with van der Waals surface area (Å²) in [6.07, 6.45) is 4.36. The van der Waals surface area contributed by atoms with E-state index in [4.69, 9.17) is 31.5 Å². The third kappa shape index (κ3) is 6.98. The van der Waals surface area contributed by atoms with E-state index in [2.05, 4.69) is 0 Å². The molecule has 1 fully saturated rings. The molecule has 0 unspecified atom stereocenters. The molecule has 0 spiro atoms. The van der Waals surface area contributed by atoms with Gasteiger partial charge in [-0.2, -0.15) is 5.10 Å². The van der Waals surface area contributed by atoms with Gasteiger partial charge in [0.2, 0.25) is 0 Å². The Morgan fingerprint density at radius 2 is 1.65 bits per heavy atom. The SMILES string of the molecule is COc1ccc(CCN2C(=O)C(=Cc3cn(-c4ccccc4)nc3-c3cccc(OCc4ccc(F)cc4)c3)SC2=S)cc1OC. The number of hydrogen-bond donors (Lipinski definition) is 0. The van der Waals surface area contributed by atoms with Gasteiger partial charge in [0.15, 0.2) is 11.5 Å². The van der Waals surface area contributed by atoms with E-state index >= 15 is 0 Å². The van der Waals surface area contributed by atoms with Gasteiger partial charge in [0, 0.05) is 23.9 Å². The van der Waals surface area contributed by atoms with Crippen molar-refractivity contribution in [2.24, 2.45) is 0 Å². The standard InChI is InChI=1S/C36H30FN3O4S2/c1-42-31-16-13-24(19-32(31)43-2)17-18-39-35(41)33(46-36(39)45)21-27-22-40(29-8-4-3-5-9-29)38-34(27)26-7-6-10-30(20-26)44-23-25-11-14-28(37)15-12-25/h3-16,19-22H,17-18,23H2,1-2H3. The number of aromatic nitrogens is 2. The Morgan fingerprint density at radius 3 is 2.41 bits per heavy atom. The highest BCUT2D eigenvalue weighted by atomic mass is 32.2. The minimum atomic E-state index is -0.290. The summed E-state index contributed by atoms with van der Waals surface area (Å²) in [6, 6.07) is 29.3. The van der Waals surface area contributed by atoms with E-state index < -0.39 is 0 Å². The van der Waals surface area contributed by atoms with Gasteiger partial charge in [0.1, 0.15) is 28.2 Å². The van der Waals surface area contributed by atoms with Crippen LogP contribution in [0.15, 0.2) is 108 Å². The number of ether oxygens (including phenoxy) is 3. The fourth-order valence-electron chi connectivity index (χ4n) is 5.02. The molecular formula is C36H30FN3O4S2. The summed E-state index contributed by atoms with van der Waals surface area (Å²) >= 11 is 6.92. The van der Waals surface area contributed by atoms with Crippen molar-refractivity contribution in [2.75, 3.05) is 20.8 Å². The third-order valence-electron chi connectivity index (χ3n) is 7.42. The number of hydrogen-bond acceptors (Lipinski definition) is 7. The summed E-state index contributed by atoms with van der Waals surface area (Å²) in [5.74, 6) is 1.49. The fourth-order valence-corrected chi connectivity index (χ4v) is 6.32. The number of thioether (sulfide) groups is 1. The predicted octanol–water partition coefficient (Wildman–Crippen LogP) is 7.72. The third-order valence-corrected chi connectivity index (χ3v) is 8.80. The molecule has 4 aromatic carbocycles. The van der Waals surface area contributed by atoms with Crippen LogP contribution in [0.3, 0.4) is 0 Å². The van der Waals surface area contributed by atoms with Crippen LogP contribution in [0.25, 0.3) is 23.0 Å². The second-order valence-corrected chi connectivity index (χ2v) is 12.1. The number of thiocarbonyl (C=S) groups is 1. The lowest BCUT2D eigenvalue weighted by Crippen LogP contribution is -2.30. The maximum absolute atomic E-state index is 13.6. The first-order chi connectivity index (χ1) is 22.4. The van der Waals surface area contributed by atoms with Crippen molar-refractivity contribution in [2.45, 2.75) is 13.0 Å². The maximum atomic E-state index is 13.6. The van der Waals surface area contributed by atoms with E-state index in [0.717, 1.165) is 27.9 Å². The summed E-state index contributed by atoms with van der Waals surface area (Å²) in [7, 11) is 3.19. The lowest BCUT2D eigenvalue weighted by Gasteiger charge is -2.15. The molecule has 10 heteroatoms. The highest BCUT2D eigenvalue weighted by Crippen LogP contribution is 2.36. The predicted molar refractivity (Wildman–Crippen MR) is 183 cm³/mol. The van der Waals surface area contributed by atoms with Crippen LogP contribution in [0.5, 0.6) is 17.2 Å². The van der Waals surface area contributed by atoms with E-state index in [1.165, 1.54) is 23.9 Å². The Hall–Kier alpha value is -4.93. The van der Waals surface area contributed by atoms with Crippen LogP contribution in [0.2, 0.25) is 0 Å². The quantitative estimate of drug-likeness (QED) is 0.107. The Morgan fingerprint density at radius 1 is 0.891 bits per heavy atom. The molecule has 5 aromatic rings. The molecule has 232 valence electrons. The molecule has 2 heterocycles. The van der Waals surface area contributed by atoms with Gasteiger partial charge in [-0.25, -0.2) is 9.07 Å². The number of carbonyl (C=O) groups excluding carboxylic acids is 1. The highest BCUT2D eigenvalue weighted by molar-refractivity contribution is 8.26. The van der Waals surface area contributed by atoms with Gasteiger partial charge in [-0.1, -0.05) is 72.5 Å². The van der Waals surface area contributed by atoms with Crippen LogP contribution >= 0.6 is 24.0 Å². The van der Waals surface area contributed by atoms with Crippen LogP contribution in [-0.2, 0) is 17.8 Å². The second-order valence-electron chi connectivity index (χ2n) is 10.4. The molecule has 7 nitrogen and oxygen atoms in total. The summed E-state index contributed by atoms with van der Waals surface area (Å²) in [4.78, 5) is 15.8. The first-order valence-electron chi connectivity index (χ1n) is 14.5. The fraction of sp³-hybridized carbons (Fsp3) is 0.139. The van der Waals surface area contributed by atoms with Crippen molar-refractivity contribution >= 4 is 40.3 Å². The smallest absolute Gasteiger partial charge is 0.266 e. The van der Waals surface area contributed by atoms with E-state index in [1.807, 2.05) is 85.1 Å². The topological polar surface area (TPSA) is 65.8 Å². The number of nitrogens with zero attached hydrogens (tertiary/aromatic N) is 3. The molecule has 0 aliphatic carbocycles. The number of benzene rings is 4. The summed E-state index contributed by atoms with van der Waals surface area (Å²) in [5, 5.41) is 4.92. The monoisotopic (exact) mass is 651 g/mol. The Bertz CT molecular complexity index is 1910. The zero-order chi connectivity index (χ0) is 32.0. The first kappa shape index (κ1) is 31.1. The van der Waals surface area contributed by atoms with Gasteiger partial charge in [-0.15, -0.1) is 0 Å². The first-order valence-corrected chi connectivity index (χ1v) is 15.7. The summed E-state index contributed by atoms with van der Waals surface area (Å²) < 4.78 is 32.4. The molecule has 1 aromatic heterocycles. The van der Waals surface area contributed by atoms with Crippen LogP contribution in [0, 0.1) is 5.82 Å². The van der Waals surface area contributed by atoms with Crippen LogP contribution < -0.4 is 14.2 Å². The van der Waals surface area contributed by atoms with Crippen molar-refractivity contribution in [1.29, 1.82) is 0 Å². The Labute approximate surface area is 276 Å². The van der Waals surface area contributed by atoms with Crippen molar-refractivity contribution < 1.29 is 23.4 Å². The Kier molecular flexibility index (Phi) is 9.46. The van der Waals surface area contributed by atoms with Crippen LogP contribution in [-0.4, -0.2) is 45.7 Å². The number of methoxy groups -OCH3 is 2. The average Bonchev–Trinajstić information content (AvgIpc) is 3.63. The molecule has 1 aliphatic rings. The normalized spacial score (nSPS) is 13.8. The molecule has 0 bridgehead atoms. The minimum Gasteiger partial charge on any atom is -0.493 e. The lowest BCUT2D eigenvalue weighted by atomic mass is 10.1. The second kappa shape index (κ2) is 14.0. The molecular weight excluding hydrogens is 622 g/mol. The van der Waals surface area contributed by atoms with Gasteiger partial charge in [-0.3, -0.25) is 9.69 Å². The summed E-state index contributed by atoms with van der Waals surface area (Å²) in [5.41, 5.74) is 5.01. The van der Waals surface area contributed by atoms with Gasteiger partial charge >= 0.3 is 0 Å². The van der Waals surface area contributed by atoms with Crippen molar-refractivity contribution in [3.8, 4) is 34.2 Å². The average molecular weight is 652 g/mol. The highest BCUT2D eigenvalue weighted by Gasteiger charge is 2.32. The van der Waals surface area contributed by atoms with E-state index in [-0.39, 0.29) is 11.7 Å². The Balaban J connectivity index is 1.26. The van der Waals surface area contributed by atoms with Crippen molar-refractivity contribution in [1.82, 2.24) is 14.7 Å². The molecule has 46 heavy (non-hydrogen) atoms. The number of carbonyl (C=O) groups is 1. The van der Waals surface area contributed by atoms with Crippen LogP contribution in [0.4, 0.5) is 4.39 Å². The maximum Gasteiger partial charge on any atom is 0.266 e. The molecule has 6 rings (SSSR count). The van der Waals surface area contributed by atoms with Gasteiger partial charge < -0.3 is 14.2 Å². The van der Waals surface area contributed by atoms with Gasteiger partial charge in [0.25, 0.3) is 5.91 Å². The minimum absolute atomic E-state index is 0.148. The van der Waals surface area contributed by atoms with E-state index in [0.29, 0.717) is 51.7 Å². The molecule has 0 N–H and O–H groups in total. The summed E-state index contributed by atoms with van der Waals surface area (Å²) in [6.45, 7) is 0.724. The largest absolute Gasteiger partial charge is 0.493 e. The molecule has 1 amide bonds. The van der Waals surface area contributed by atoms with Gasteiger partial charge in [-0.05, 0) is 72.2 Å².